The maximum Gasteiger partial charge on any atom is 0.252 e. The fourth-order valence-electron chi connectivity index (χ4n) is 1.42. The lowest BCUT2D eigenvalue weighted by Gasteiger charge is -1.99. The number of carbonyl (C=O) groups excluding carboxylic acids is 1. The topological polar surface area (TPSA) is 46.9 Å². The van der Waals surface area contributed by atoms with Crippen LogP contribution in [-0.2, 0) is 7.05 Å². The Balaban J connectivity index is 2.57. The highest BCUT2D eigenvalue weighted by atomic mass is 16.1. The highest BCUT2D eigenvalue weighted by molar-refractivity contribution is 5.96. The van der Waals surface area contributed by atoms with Gasteiger partial charge in [-0.25, -0.2) is 4.98 Å². The van der Waals surface area contributed by atoms with Crippen molar-refractivity contribution in [3.8, 4) is 0 Å². The summed E-state index contributed by atoms with van der Waals surface area (Å²) in [5.74, 6) is -0.108. The molecule has 1 amide bonds. The average molecular weight is 189 g/mol. The fourth-order valence-corrected chi connectivity index (χ4v) is 1.42. The molecule has 2 rings (SSSR count). The van der Waals surface area contributed by atoms with Crippen LogP contribution in [0.2, 0.25) is 0 Å². The molecule has 2 aromatic heterocycles. The van der Waals surface area contributed by atoms with Crippen LogP contribution >= 0.6 is 0 Å². The molecule has 0 saturated carbocycles. The van der Waals surface area contributed by atoms with Gasteiger partial charge in [0.2, 0.25) is 0 Å². The normalized spacial score (nSPS) is 10.4. The molecule has 0 aromatic carbocycles. The van der Waals surface area contributed by atoms with Crippen LogP contribution in [0.15, 0.2) is 24.5 Å². The van der Waals surface area contributed by atoms with Crippen molar-refractivity contribution in [2.24, 2.45) is 7.05 Å². The van der Waals surface area contributed by atoms with E-state index in [-0.39, 0.29) is 5.91 Å². The molecule has 0 bridgehead atoms. The molecule has 0 radical (unpaired) electrons. The van der Waals surface area contributed by atoms with E-state index < -0.39 is 0 Å². The zero-order chi connectivity index (χ0) is 10.1. The zero-order valence-electron chi connectivity index (χ0n) is 8.11. The molecule has 0 aliphatic heterocycles. The number of aromatic nitrogens is 2. The Morgan fingerprint density at radius 2 is 2.36 bits per heavy atom. The second kappa shape index (κ2) is 3.14. The number of fused-ring (bicyclic) bond motifs is 1. The summed E-state index contributed by atoms with van der Waals surface area (Å²) in [6.45, 7) is 0. The van der Waals surface area contributed by atoms with Gasteiger partial charge in [-0.1, -0.05) is 0 Å². The summed E-state index contributed by atoms with van der Waals surface area (Å²) < 4.78 is 1.92. The number of hydrogen-bond donors (Lipinski definition) is 1. The van der Waals surface area contributed by atoms with E-state index in [1.54, 1.807) is 13.2 Å². The SMILES string of the molecule is CNC(=O)c1cnc2c(ccn2C)c1. The smallest absolute Gasteiger partial charge is 0.252 e. The Hall–Kier alpha value is -1.84. The second-order valence-electron chi connectivity index (χ2n) is 3.14. The van der Waals surface area contributed by atoms with E-state index in [1.165, 1.54) is 0 Å². The number of rotatable bonds is 1. The summed E-state index contributed by atoms with van der Waals surface area (Å²) in [6, 6.07) is 3.77. The van der Waals surface area contributed by atoms with E-state index in [4.69, 9.17) is 0 Å². The van der Waals surface area contributed by atoms with Crippen LogP contribution in [0.1, 0.15) is 10.4 Å². The van der Waals surface area contributed by atoms with Crippen molar-refractivity contribution in [2.75, 3.05) is 7.05 Å². The maximum atomic E-state index is 11.3. The van der Waals surface area contributed by atoms with Crippen LogP contribution < -0.4 is 5.32 Å². The van der Waals surface area contributed by atoms with Gasteiger partial charge in [0.15, 0.2) is 0 Å². The molecule has 14 heavy (non-hydrogen) atoms. The minimum absolute atomic E-state index is 0.108. The Labute approximate surface area is 81.6 Å². The minimum atomic E-state index is -0.108. The van der Waals surface area contributed by atoms with Crippen molar-refractivity contribution < 1.29 is 4.79 Å². The third-order valence-corrected chi connectivity index (χ3v) is 2.20. The monoisotopic (exact) mass is 189 g/mol. The van der Waals surface area contributed by atoms with E-state index in [2.05, 4.69) is 10.3 Å². The van der Waals surface area contributed by atoms with Gasteiger partial charge in [0.25, 0.3) is 5.91 Å². The molecule has 0 spiro atoms. The van der Waals surface area contributed by atoms with E-state index in [1.807, 2.05) is 29.9 Å². The van der Waals surface area contributed by atoms with Crippen molar-refractivity contribution in [1.82, 2.24) is 14.9 Å². The van der Waals surface area contributed by atoms with Gasteiger partial charge in [0.1, 0.15) is 5.65 Å². The van der Waals surface area contributed by atoms with Crippen molar-refractivity contribution in [3.05, 3.63) is 30.1 Å². The molecule has 0 aliphatic rings. The predicted octanol–water partition coefficient (Wildman–Crippen LogP) is 0.933. The average Bonchev–Trinajstić information content (AvgIpc) is 2.59. The fraction of sp³-hybridized carbons (Fsp3) is 0.200. The first-order valence-electron chi connectivity index (χ1n) is 4.35. The van der Waals surface area contributed by atoms with Gasteiger partial charge >= 0.3 is 0 Å². The largest absolute Gasteiger partial charge is 0.355 e. The van der Waals surface area contributed by atoms with Crippen LogP contribution in [0.25, 0.3) is 11.0 Å². The number of nitrogens with one attached hydrogen (secondary N) is 1. The number of carbonyl (C=O) groups is 1. The standard InChI is InChI=1S/C10H11N3O/c1-11-10(14)8-5-7-3-4-13(2)9(7)12-6-8/h3-6H,1-2H3,(H,11,14). The zero-order valence-corrected chi connectivity index (χ0v) is 8.11. The van der Waals surface area contributed by atoms with Crippen molar-refractivity contribution in [2.45, 2.75) is 0 Å². The van der Waals surface area contributed by atoms with Gasteiger partial charge in [-0.15, -0.1) is 0 Å². The van der Waals surface area contributed by atoms with Crippen LogP contribution in [-0.4, -0.2) is 22.5 Å². The second-order valence-corrected chi connectivity index (χ2v) is 3.14. The van der Waals surface area contributed by atoms with E-state index in [0.29, 0.717) is 5.56 Å². The van der Waals surface area contributed by atoms with E-state index in [9.17, 15) is 4.79 Å². The van der Waals surface area contributed by atoms with Gasteiger partial charge < -0.3 is 9.88 Å². The predicted molar refractivity (Wildman–Crippen MR) is 54.1 cm³/mol. The van der Waals surface area contributed by atoms with Gasteiger partial charge in [-0.2, -0.15) is 0 Å². The minimum Gasteiger partial charge on any atom is -0.355 e. The molecule has 0 fully saturated rings. The molecule has 0 aliphatic carbocycles. The molecule has 0 unspecified atom stereocenters. The molecule has 2 heterocycles. The lowest BCUT2D eigenvalue weighted by molar-refractivity contribution is 0.0963. The van der Waals surface area contributed by atoms with Gasteiger partial charge in [0, 0.05) is 31.9 Å². The van der Waals surface area contributed by atoms with Crippen molar-refractivity contribution >= 4 is 16.9 Å². The Kier molecular flexibility index (Phi) is 1.96. The number of pyridine rings is 1. The lowest BCUT2D eigenvalue weighted by Crippen LogP contribution is -2.17. The van der Waals surface area contributed by atoms with E-state index >= 15 is 0 Å². The molecule has 72 valence electrons. The molecule has 1 N–H and O–H groups in total. The summed E-state index contributed by atoms with van der Waals surface area (Å²) in [5, 5.41) is 3.55. The highest BCUT2D eigenvalue weighted by Gasteiger charge is 2.06. The Morgan fingerprint density at radius 3 is 3.07 bits per heavy atom. The molecule has 4 heteroatoms. The first-order valence-corrected chi connectivity index (χ1v) is 4.35. The van der Waals surface area contributed by atoms with Gasteiger partial charge in [-0.3, -0.25) is 4.79 Å². The molecule has 4 nitrogen and oxygen atoms in total. The summed E-state index contributed by atoms with van der Waals surface area (Å²) in [5.41, 5.74) is 1.48. The molecular formula is C10H11N3O. The molecule has 0 atom stereocenters. The highest BCUT2D eigenvalue weighted by Crippen LogP contribution is 2.13. The first-order chi connectivity index (χ1) is 6.72. The van der Waals surface area contributed by atoms with Crippen LogP contribution in [0, 0.1) is 0 Å². The number of nitrogens with zero attached hydrogens (tertiary/aromatic N) is 2. The van der Waals surface area contributed by atoms with Gasteiger partial charge in [0.05, 0.1) is 5.56 Å². The lowest BCUT2D eigenvalue weighted by atomic mass is 10.2. The third kappa shape index (κ3) is 1.25. The molecule has 2 aromatic rings. The Morgan fingerprint density at radius 1 is 1.57 bits per heavy atom. The summed E-state index contributed by atoms with van der Waals surface area (Å²) in [4.78, 5) is 15.5. The number of aryl methyl sites for hydroxylation is 1. The number of amides is 1. The molecular weight excluding hydrogens is 178 g/mol. The van der Waals surface area contributed by atoms with Crippen LogP contribution in [0.4, 0.5) is 0 Å². The summed E-state index contributed by atoms with van der Waals surface area (Å²) >= 11 is 0. The summed E-state index contributed by atoms with van der Waals surface area (Å²) in [6.07, 6.45) is 3.51. The van der Waals surface area contributed by atoms with Crippen molar-refractivity contribution in [1.29, 1.82) is 0 Å². The van der Waals surface area contributed by atoms with Crippen LogP contribution in [0.5, 0.6) is 0 Å². The Bertz CT molecular complexity index is 487. The van der Waals surface area contributed by atoms with E-state index in [0.717, 1.165) is 11.0 Å². The van der Waals surface area contributed by atoms with Gasteiger partial charge in [-0.05, 0) is 12.1 Å². The molecule has 0 saturated heterocycles. The number of hydrogen-bond acceptors (Lipinski definition) is 2. The third-order valence-electron chi connectivity index (χ3n) is 2.20. The first kappa shape index (κ1) is 8.74. The summed E-state index contributed by atoms with van der Waals surface area (Å²) in [7, 11) is 3.53. The van der Waals surface area contributed by atoms with Crippen molar-refractivity contribution in [3.63, 3.8) is 0 Å². The quantitative estimate of drug-likeness (QED) is 0.725. The maximum absolute atomic E-state index is 11.3. The van der Waals surface area contributed by atoms with Crippen LogP contribution in [0.3, 0.4) is 0 Å².